The molecule has 0 aliphatic carbocycles. The topological polar surface area (TPSA) is 94.2 Å². The Morgan fingerprint density at radius 2 is 1.64 bits per heavy atom. The van der Waals surface area contributed by atoms with Gasteiger partial charge in [-0.15, -0.1) is 0 Å². The van der Waals surface area contributed by atoms with Crippen LogP contribution < -0.4 is 5.32 Å². The predicted molar refractivity (Wildman–Crippen MR) is 135 cm³/mol. The lowest BCUT2D eigenvalue weighted by Crippen LogP contribution is -2.33. The van der Waals surface area contributed by atoms with Gasteiger partial charge in [-0.05, 0) is 45.5 Å². The molecular formula is C28H31F3N2O6. The number of nitrogens with one attached hydrogen (secondary N) is 1. The summed E-state index contributed by atoms with van der Waals surface area (Å²) in [6.45, 7) is 5.88. The van der Waals surface area contributed by atoms with E-state index in [1.54, 1.807) is 58.1 Å². The summed E-state index contributed by atoms with van der Waals surface area (Å²) >= 11 is 0. The van der Waals surface area contributed by atoms with Crippen molar-refractivity contribution in [2.75, 3.05) is 20.3 Å². The van der Waals surface area contributed by atoms with Crippen molar-refractivity contribution in [3.05, 3.63) is 82.0 Å². The summed E-state index contributed by atoms with van der Waals surface area (Å²) in [6, 6.07) is 4.43. The molecule has 2 heterocycles. The van der Waals surface area contributed by atoms with E-state index in [1.165, 1.54) is 12.1 Å². The molecule has 210 valence electrons. The van der Waals surface area contributed by atoms with Gasteiger partial charge in [0.1, 0.15) is 13.2 Å². The summed E-state index contributed by atoms with van der Waals surface area (Å²) in [4.78, 5) is 40.3. The van der Waals surface area contributed by atoms with Gasteiger partial charge < -0.3 is 24.4 Å². The van der Waals surface area contributed by atoms with Crippen LogP contribution in [0.5, 0.6) is 0 Å². The van der Waals surface area contributed by atoms with Gasteiger partial charge in [-0.3, -0.25) is 0 Å². The van der Waals surface area contributed by atoms with E-state index in [0.717, 1.165) is 12.1 Å². The number of carbonyl (C=O) groups excluding carboxylic acids is 3. The summed E-state index contributed by atoms with van der Waals surface area (Å²) in [5.74, 6) is -3.40. The molecule has 0 bridgehead atoms. The van der Waals surface area contributed by atoms with Crippen LogP contribution in [-0.2, 0) is 34.8 Å². The van der Waals surface area contributed by atoms with Crippen LogP contribution >= 0.6 is 0 Å². The van der Waals surface area contributed by atoms with E-state index in [4.69, 9.17) is 14.2 Å². The molecule has 1 unspecified atom stereocenters. The molecule has 1 aromatic rings. The highest BCUT2D eigenvalue weighted by Gasteiger charge is 2.39. The number of alkyl halides is 3. The van der Waals surface area contributed by atoms with Crippen molar-refractivity contribution in [3.63, 3.8) is 0 Å². The molecule has 2 aliphatic heterocycles. The Hall–Kier alpha value is -4.02. The quantitative estimate of drug-likeness (QED) is 0.284. The number of rotatable bonds is 8. The highest BCUT2D eigenvalue weighted by Crippen LogP contribution is 2.41. The van der Waals surface area contributed by atoms with Crippen LogP contribution in [0.3, 0.4) is 0 Å². The van der Waals surface area contributed by atoms with Crippen molar-refractivity contribution in [2.24, 2.45) is 0 Å². The zero-order valence-electron chi connectivity index (χ0n) is 22.3. The first kappa shape index (κ1) is 29.5. The van der Waals surface area contributed by atoms with Gasteiger partial charge in [0, 0.05) is 31.1 Å². The summed E-state index contributed by atoms with van der Waals surface area (Å²) in [7, 11) is 1.77. The minimum atomic E-state index is -4.64. The molecule has 0 amide bonds. The number of hydrogen-bond donors (Lipinski definition) is 1. The Bertz CT molecular complexity index is 1260. The van der Waals surface area contributed by atoms with E-state index in [0.29, 0.717) is 23.4 Å². The summed E-state index contributed by atoms with van der Waals surface area (Å²) < 4.78 is 56.5. The maximum absolute atomic E-state index is 13.5. The molecule has 1 atom stereocenters. The molecule has 0 aromatic heterocycles. The minimum Gasteiger partial charge on any atom is -0.460 e. The van der Waals surface area contributed by atoms with Crippen LogP contribution in [0.25, 0.3) is 0 Å². The van der Waals surface area contributed by atoms with Gasteiger partial charge >= 0.3 is 24.1 Å². The number of dihydropyridines is 1. The average Bonchev–Trinajstić information content (AvgIpc) is 2.85. The maximum Gasteiger partial charge on any atom is 0.416 e. The van der Waals surface area contributed by atoms with Gasteiger partial charge in [0.05, 0.1) is 34.3 Å². The average molecular weight is 549 g/mol. The van der Waals surface area contributed by atoms with Crippen molar-refractivity contribution in [3.8, 4) is 0 Å². The summed E-state index contributed by atoms with van der Waals surface area (Å²) in [5.41, 5.74) is 0.158. The van der Waals surface area contributed by atoms with Crippen molar-refractivity contribution < 1.29 is 41.8 Å². The van der Waals surface area contributed by atoms with E-state index < -0.39 is 41.7 Å². The third-order valence-corrected chi connectivity index (χ3v) is 5.94. The minimum absolute atomic E-state index is 0.00610. The molecule has 0 radical (unpaired) electrons. The zero-order chi connectivity index (χ0) is 28.9. The van der Waals surface area contributed by atoms with Gasteiger partial charge in [-0.1, -0.05) is 24.3 Å². The van der Waals surface area contributed by atoms with Gasteiger partial charge in [0.25, 0.3) is 0 Å². The lowest BCUT2D eigenvalue weighted by molar-refractivity contribution is -0.148. The molecule has 0 saturated carbocycles. The van der Waals surface area contributed by atoms with Crippen LogP contribution in [0.4, 0.5) is 13.2 Å². The van der Waals surface area contributed by atoms with Gasteiger partial charge in [0.15, 0.2) is 0 Å². The molecular weight excluding hydrogens is 517 g/mol. The molecule has 0 spiro atoms. The Kier molecular flexibility index (Phi) is 9.26. The predicted octanol–water partition coefficient (Wildman–Crippen LogP) is 4.71. The van der Waals surface area contributed by atoms with E-state index >= 15 is 0 Å². The molecule has 1 aromatic carbocycles. The first-order chi connectivity index (χ1) is 18.3. The van der Waals surface area contributed by atoms with E-state index in [2.05, 4.69) is 5.32 Å². The third kappa shape index (κ3) is 7.30. The van der Waals surface area contributed by atoms with Crippen molar-refractivity contribution in [2.45, 2.75) is 52.3 Å². The second kappa shape index (κ2) is 12.2. The number of halogens is 3. The van der Waals surface area contributed by atoms with E-state index in [9.17, 15) is 27.6 Å². The molecule has 2 aliphatic rings. The maximum atomic E-state index is 13.5. The molecule has 1 N–H and O–H groups in total. The first-order valence-electron chi connectivity index (χ1n) is 12.3. The Balaban J connectivity index is 1.85. The fraction of sp³-hybridized carbons (Fsp3) is 0.393. The van der Waals surface area contributed by atoms with Crippen molar-refractivity contribution in [1.29, 1.82) is 0 Å². The smallest absolute Gasteiger partial charge is 0.416 e. The lowest BCUT2D eigenvalue weighted by Gasteiger charge is -2.31. The van der Waals surface area contributed by atoms with E-state index in [-0.39, 0.29) is 29.9 Å². The van der Waals surface area contributed by atoms with Crippen molar-refractivity contribution >= 4 is 17.9 Å². The molecule has 0 fully saturated rings. The number of ether oxygens (including phenoxy) is 3. The van der Waals surface area contributed by atoms with Crippen LogP contribution in [-0.4, -0.2) is 49.2 Å². The van der Waals surface area contributed by atoms with Crippen LogP contribution in [0.2, 0.25) is 0 Å². The number of allylic oxidation sites excluding steroid dienone is 3. The zero-order valence-corrected chi connectivity index (χ0v) is 22.3. The number of hydrogen-bond acceptors (Lipinski definition) is 8. The normalized spacial score (nSPS) is 17.6. The number of esters is 3. The van der Waals surface area contributed by atoms with Gasteiger partial charge in [-0.2, -0.15) is 13.2 Å². The Labute approximate surface area is 224 Å². The van der Waals surface area contributed by atoms with E-state index in [1.807, 2.05) is 0 Å². The van der Waals surface area contributed by atoms with Crippen LogP contribution in [0.1, 0.15) is 51.2 Å². The SMILES string of the molecule is CC1=C(C(=O)OCCOC(=O)C2=CN(C)C=CC2)C(c2cccc(C(F)(F)F)c2)C(C(=O)OC(C)C)=C(C)N1. The van der Waals surface area contributed by atoms with Crippen molar-refractivity contribution in [1.82, 2.24) is 10.2 Å². The number of nitrogens with zero attached hydrogens (tertiary/aromatic N) is 1. The van der Waals surface area contributed by atoms with Crippen LogP contribution in [0, 0.1) is 0 Å². The number of benzene rings is 1. The molecule has 0 saturated heterocycles. The monoisotopic (exact) mass is 548 g/mol. The number of carbonyl (C=O) groups is 3. The second-order valence-electron chi connectivity index (χ2n) is 9.39. The van der Waals surface area contributed by atoms with Gasteiger partial charge in [0.2, 0.25) is 0 Å². The van der Waals surface area contributed by atoms with Gasteiger partial charge in [-0.25, -0.2) is 14.4 Å². The Morgan fingerprint density at radius 1 is 1.03 bits per heavy atom. The standard InChI is InChI=1S/C28H31F3N2O6/c1-16(2)39-27(36)23-18(4)32-17(3)22(24(23)19-8-6-10-21(14-19)28(29,30)31)26(35)38-13-12-37-25(34)20-9-7-11-33(5)15-20/h6-8,10-11,14-16,24,32H,9,12-13H2,1-5H3. The molecule has 11 heteroatoms. The summed E-state index contributed by atoms with van der Waals surface area (Å²) in [5, 5.41) is 2.95. The molecule has 3 rings (SSSR count). The fourth-order valence-corrected chi connectivity index (χ4v) is 4.30. The summed E-state index contributed by atoms with van der Waals surface area (Å²) in [6.07, 6.45) is 0.485. The highest BCUT2D eigenvalue weighted by molar-refractivity contribution is 6.00. The van der Waals surface area contributed by atoms with Crippen LogP contribution in [0.15, 0.2) is 70.9 Å². The molecule has 39 heavy (non-hydrogen) atoms. The fourth-order valence-electron chi connectivity index (χ4n) is 4.30. The third-order valence-electron chi connectivity index (χ3n) is 5.94. The Morgan fingerprint density at radius 3 is 2.23 bits per heavy atom. The first-order valence-corrected chi connectivity index (χ1v) is 12.3. The molecule has 8 nitrogen and oxygen atoms in total. The lowest BCUT2D eigenvalue weighted by atomic mass is 9.80. The largest absolute Gasteiger partial charge is 0.460 e. The highest BCUT2D eigenvalue weighted by atomic mass is 19.4. The second-order valence-corrected chi connectivity index (χ2v) is 9.39.